The van der Waals surface area contributed by atoms with Crippen LogP contribution in [-0.4, -0.2) is 85.2 Å². The maximum Gasteiger partial charge on any atom is 0.406 e. The third-order valence-corrected chi connectivity index (χ3v) is 5.91. The summed E-state index contributed by atoms with van der Waals surface area (Å²) in [6, 6.07) is 1.40. The number of nitriles is 1. The fourth-order valence-corrected chi connectivity index (χ4v) is 4.10. The smallest absolute Gasteiger partial charge is 0.379 e. The molecule has 1 N–H and O–H groups in total. The first-order valence-corrected chi connectivity index (χ1v) is 10.9. The number of halogens is 3. The lowest BCUT2D eigenvalue weighted by Gasteiger charge is -2.34. The van der Waals surface area contributed by atoms with E-state index in [2.05, 4.69) is 21.1 Å². The topological polar surface area (TPSA) is 123 Å². The second kappa shape index (κ2) is 10.7. The van der Waals surface area contributed by atoms with Crippen LogP contribution in [-0.2, 0) is 14.3 Å². The molecule has 1 saturated heterocycles. The number of aliphatic imine (C=N–C) groups is 1. The number of hydrogen-bond donors (Lipinski definition) is 1. The second-order valence-electron chi connectivity index (χ2n) is 7.42. The molecule has 0 radical (unpaired) electrons. The van der Waals surface area contributed by atoms with Crippen molar-refractivity contribution in [1.29, 1.82) is 5.26 Å². The normalized spacial score (nSPS) is 21.1. The predicted molar refractivity (Wildman–Crippen MR) is 114 cm³/mol. The van der Waals surface area contributed by atoms with Gasteiger partial charge in [-0.25, -0.2) is 10.4 Å². The Morgan fingerprint density at radius 1 is 1.42 bits per heavy atom. The van der Waals surface area contributed by atoms with Crippen LogP contribution in [0.15, 0.2) is 16.3 Å². The van der Waals surface area contributed by atoms with Gasteiger partial charge in [0.25, 0.3) is 5.91 Å². The number of rotatable bonds is 7. The molecule has 3 rings (SSSR count). The number of thiazole rings is 1. The predicted octanol–water partition coefficient (Wildman–Crippen LogP) is 1.19. The molecule has 1 fully saturated rings. The van der Waals surface area contributed by atoms with E-state index in [1.54, 1.807) is 17.2 Å². The summed E-state index contributed by atoms with van der Waals surface area (Å²) in [6.45, 7) is 3.90. The van der Waals surface area contributed by atoms with Crippen LogP contribution in [0.5, 0.6) is 0 Å². The maximum absolute atomic E-state index is 13.1. The summed E-state index contributed by atoms with van der Waals surface area (Å²) in [5.74, 6) is -3.73. The monoisotopic (exact) mass is 485 g/mol. The van der Waals surface area contributed by atoms with Gasteiger partial charge in [-0.15, -0.1) is 0 Å². The number of hydrazone groups is 1. The van der Waals surface area contributed by atoms with E-state index < -0.39 is 29.8 Å². The Labute approximate surface area is 191 Å². The van der Waals surface area contributed by atoms with Crippen molar-refractivity contribution in [3.8, 4) is 6.07 Å². The summed E-state index contributed by atoms with van der Waals surface area (Å²) >= 11 is 1.31. The summed E-state index contributed by atoms with van der Waals surface area (Å²) < 4.78 is 44.7. The Morgan fingerprint density at radius 2 is 2.15 bits per heavy atom. The van der Waals surface area contributed by atoms with Crippen LogP contribution >= 0.6 is 11.3 Å². The molecule has 0 spiro atoms. The molecule has 3 heterocycles. The Hall–Kier alpha value is -3.05. The SMILES string of the molecule is C[C@@H](COCCC(=O)N1CCN(c2ncc(C#N)s2)CC1)N=C1C=NNC(=O)C1C(F)(F)F. The standard InChI is InChI=1S/C19H22F3N7O3S/c1-12(26-14-10-25-27-17(31)16(14)19(20,21)22)11-32-7-2-15(30)28-3-5-29(6-4-28)18-24-9-13(8-23)33-18/h9-10,12,16H,2-7,11H2,1H3,(H,27,31)/t12-,16?/m0/s1. The van der Waals surface area contributed by atoms with Gasteiger partial charge in [0, 0.05) is 26.2 Å². The molecule has 0 bridgehead atoms. The summed E-state index contributed by atoms with van der Waals surface area (Å²) in [5.41, 5.74) is 1.32. The number of nitrogens with zero attached hydrogens (tertiary/aromatic N) is 6. The molecule has 0 aromatic carbocycles. The van der Waals surface area contributed by atoms with Gasteiger partial charge in [-0.05, 0) is 6.92 Å². The van der Waals surface area contributed by atoms with Crippen molar-refractivity contribution in [2.75, 3.05) is 44.3 Å². The fraction of sp³-hybridized carbons (Fsp3) is 0.579. The van der Waals surface area contributed by atoms with E-state index in [1.807, 2.05) is 4.90 Å². The van der Waals surface area contributed by atoms with Gasteiger partial charge in [0.05, 0.1) is 43.8 Å². The number of nitrogens with one attached hydrogen (secondary N) is 1. The minimum absolute atomic E-state index is 0.00410. The Bertz CT molecular complexity index is 965. The zero-order valence-electron chi connectivity index (χ0n) is 17.7. The van der Waals surface area contributed by atoms with E-state index in [9.17, 15) is 22.8 Å². The highest BCUT2D eigenvalue weighted by Crippen LogP contribution is 2.29. The van der Waals surface area contributed by atoms with Gasteiger partial charge in [0.1, 0.15) is 10.9 Å². The largest absolute Gasteiger partial charge is 0.406 e. The van der Waals surface area contributed by atoms with Crippen LogP contribution in [0.25, 0.3) is 0 Å². The highest BCUT2D eigenvalue weighted by atomic mass is 32.1. The minimum atomic E-state index is -4.77. The van der Waals surface area contributed by atoms with Gasteiger partial charge in [-0.3, -0.25) is 14.6 Å². The average molecular weight is 485 g/mol. The second-order valence-corrected chi connectivity index (χ2v) is 8.43. The molecule has 0 aliphatic carbocycles. The Balaban J connectivity index is 1.40. The first-order chi connectivity index (χ1) is 15.7. The number of piperazine rings is 1. The highest BCUT2D eigenvalue weighted by molar-refractivity contribution is 7.16. The molecule has 1 aromatic heterocycles. The van der Waals surface area contributed by atoms with Crippen molar-refractivity contribution in [2.24, 2.45) is 16.0 Å². The molecule has 1 unspecified atom stereocenters. The number of carbonyl (C=O) groups is 2. The fourth-order valence-electron chi connectivity index (χ4n) is 3.33. The molecule has 14 heteroatoms. The van der Waals surface area contributed by atoms with E-state index >= 15 is 0 Å². The first-order valence-electron chi connectivity index (χ1n) is 10.1. The molecule has 10 nitrogen and oxygen atoms in total. The lowest BCUT2D eigenvalue weighted by atomic mass is 10.0. The molecule has 2 amide bonds. The van der Waals surface area contributed by atoms with Gasteiger partial charge >= 0.3 is 6.18 Å². The van der Waals surface area contributed by atoms with E-state index in [0.717, 1.165) is 11.3 Å². The van der Waals surface area contributed by atoms with Crippen molar-refractivity contribution in [3.05, 3.63) is 11.1 Å². The number of amides is 2. The van der Waals surface area contributed by atoms with Gasteiger partial charge in [-0.1, -0.05) is 11.3 Å². The van der Waals surface area contributed by atoms with Crippen LogP contribution in [0.1, 0.15) is 18.2 Å². The number of carbonyl (C=O) groups excluding carboxylic acids is 2. The number of ether oxygens (including phenoxy) is 1. The molecule has 178 valence electrons. The Kier molecular flexibility index (Phi) is 7.98. The quantitative estimate of drug-likeness (QED) is 0.579. The molecule has 2 aliphatic rings. The van der Waals surface area contributed by atoms with E-state index in [-0.39, 0.29) is 25.5 Å². The summed E-state index contributed by atoms with van der Waals surface area (Å²) in [6.07, 6.45) is -2.23. The average Bonchev–Trinajstić information content (AvgIpc) is 3.25. The number of hydrogen-bond acceptors (Lipinski definition) is 9. The van der Waals surface area contributed by atoms with Gasteiger partial charge in [-0.2, -0.15) is 23.5 Å². The van der Waals surface area contributed by atoms with Crippen LogP contribution in [0.4, 0.5) is 18.3 Å². The van der Waals surface area contributed by atoms with Crippen molar-refractivity contribution in [3.63, 3.8) is 0 Å². The number of anilines is 1. The van der Waals surface area contributed by atoms with Gasteiger partial charge < -0.3 is 14.5 Å². The van der Waals surface area contributed by atoms with Crippen LogP contribution in [0.3, 0.4) is 0 Å². The molecular formula is C19H22F3N7O3S. The molecule has 33 heavy (non-hydrogen) atoms. The maximum atomic E-state index is 13.1. The molecule has 0 saturated carbocycles. The van der Waals surface area contributed by atoms with Gasteiger partial charge in [0.15, 0.2) is 11.0 Å². The van der Waals surface area contributed by atoms with Crippen molar-refractivity contribution < 1.29 is 27.5 Å². The van der Waals surface area contributed by atoms with Crippen molar-refractivity contribution in [1.82, 2.24) is 15.3 Å². The lowest BCUT2D eigenvalue weighted by molar-refractivity contribution is -0.168. The van der Waals surface area contributed by atoms with E-state index in [4.69, 9.17) is 10.00 Å². The molecule has 1 aromatic rings. The highest BCUT2D eigenvalue weighted by Gasteiger charge is 2.49. The number of aromatic nitrogens is 1. The third kappa shape index (κ3) is 6.48. The van der Waals surface area contributed by atoms with E-state index in [0.29, 0.717) is 31.1 Å². The first kappa shape index (κ1) is 24.6. The van der Waals surface area contributed by atoms with E-state index in [1.165, 1.54) is 17.5 Å². The lowest BCUT2D eigenvalue weighted by Crippen LogP contribution is -2.49. The zero-order valence-corrected chi connectivity index (χ0v) is 18.5. The van der Waals surface area contributed by atoms with Crippen molar-refractivity contribution in [2.45, 2.75) is 25.6 Å². The van der Waals surface area contributed by atoms with Gasteiger partial charge in [0.2, 0.25) is 5.91 Å². The zero-order chi connectivity index (χ0) is 24.0. The van der Waals surface area contributed by atoms with Crippen LogP contribution < -0.4 is 10.3 Å². The molecule has 2 aliphatic heterocycles. The third-order valence-electron chi connectivity index (χ3n) is 4.95. The molecular weight excluding hydrogens is 463 g/mol. The Morgan fingerprint density at radius 3 is 2.79 bits per heavy atom. The summed E-state index contributed by atoms with van der Waals surface area (Å²) in [7, 11) is 0. The van der Waals surface area contributed by atoms with Crippen LogP contribution in [0, 0.1) is 17.2 Å². The minimum Gasteiger partial charge on any atom is -0.379 e. The molecule has 2 atom stereocenters. The summed E-state index contributed by atoms with van der Waals surface area (Å²) in [5, 5.41) is 13.0. The summed E-state index contributed by atoms with van der Waals surface area (Å²) in [4.78, 5) is 36.3. The van der Waals surface area contributed by atoms with Crippen molar-refractivity contribution >= 4 is 40.2 Å². The van der Waals surface area contributed by atoms with Crippen LogP contribution in [0.2, 0.25) is 0 Å². The number of alkyl halides is 3.